The van der Waals surface area contributed by atoms with Crippen molar-refractivity contribution in [2.45, 2.75) is 31.2 Å². The van der Waals surface area contributed by atoms with E-state index < -0.39 is 35.7 Å². The Morgan fingerprint density at radius 1 is 1.14 bits per heavy atom. The van der Waals surface area contributed by atoms with Crippen molar-refractivity contribution in [1.29, 1.82) is 0 Å². The van der Waals surface area contributed by atoms with Crippen molar-refractivity contribution in [3.8, 4) is 0 Å². The number of imide groups is 1. The van der Waals surface area contributed by atoms with Gasteiger partial charge in [0, 0.05) is 5.69 Å². The molecule has 2 aliphatic rings. The summed E-state index contributed by atoms with van der Waals surface area (Å²) in [7, 11) is 0. The van der Waals surface area contributed by atoms with Gasteiger partial charge in [0.25, 0.3) is 5.91 Å². The highest BCUT2D eigenvalue weighted by molar-refractivity contribution is 6.10. The van der Waals surface area contributed by atoms with Crippen LogP contribution in [0.4, 0.5) is 14.9 Å². The predicted octanol–water partition coefficient (Wildman–Crippen LogP) is 2.94. The van der Waals surface area contributed by atoms with E-state index in [1.54, 1.807) is 0 Å². The fraction of sp³-hybridized carbons (Fsp3) is 0.286. The second-order valence-corrected chi connectivity index (χ2v) is 7.15. The molecule has 4 amide bonds. The van der Waals surface area contributed by atoms with E-state index in [9.17, 15) is 18.8 Å². The van der Waals surface area contributed by atoms with Crippen LogP contribution in [0.25, 0.3) is 0 Å². The predicted molar refractivity (Wildman–Crippen MR) is 101 cm³/mol. The molecule has 1 unspecified atom stereocenters. The summed E-state index contributed by atoms with van der Waals surface area (Å²) >= 11 is 0. The molecular weight excluding hydrogens is 361 g/mol. The van der Waals surface area contributed by atoms with Crippen LogP contribution in [-0.2, 0) is 21.5 Å². The minimum atomic E-state index is -1.12. The number of nitrogens with one attached hydrogen (secondary N) is 2. The Kier molecular flexibility index (Phi) is 4.58. The lowest BCUT2D eigenvalue weighted by atomic mass is 9.84. The van der Waals surface area contributed by atoms with Crippen LogP contribution in [0.3, 0.4) is 0 Å². The summed E-state index contributed by atoms with van der Waals surface area (Å²) in [4.78, 5) is 39.1. The van der Waals surface area contributed by atoms with Gasteiger partial charge in [-0.2, -0.15) is 0 Å². The maximum atomic E-state index is 13.3. The molecule has 1 saturated heterocycles. The number of hydrogen-bond acceptors (Lipinski definition) is 3. The zero-order chi connectivity index (χ0) is 19.7. The minimum Gasteiger partial charge on any atom is -0.324 e. The molecule has 1 fully saturated rings. The highest BCUT2D eigenvalue weighted by Gasteiger charge is 2.53. The van der Waals surface area contributed by atoms with E-state index in [-0.39, 0.29) is 5.69 Å². The van der Waals surface area contributed by atoms with Gasteiger partial charge in [-0.25, -0.2) is 9.18 Å². The van der Waals surface area contributed by atoms with E-state index >= 15 is 0 Å². The Balaban J connectivity index is 1.57. The molecule has 0 radical (unpaired) electrons. The van der Waals surface area contributed by atoms with Gasteiger partial charge >= 0.3 is 6.03 Å². The third-order valence-corrected chi connectivity index (χ3v) is 5.31. The van der Waals surface area contributed by atoms with Gasteiger partial charge < -0.3 is 10.6 Å². The topological polar surface area (TPSA) is 78.5 Å². The van der Waals surface area contributed by atoms with Crippen molar-refractivity contribution < 1.29 is 18.8 Å². The number of rotatable bonds is 3. The number of carbonyl (C=O) groups is 3. The Bertz CT molecular complexity index is 961. The molecule has 4 rings (SSSR count). The van der Waals surface area contributed by atoms with Gasteiger partial charge in [0.2, 0.25) is 5.91 Å². The first-order chi connectivity index (χ1) is 13.5. The van der Waals surface area contributed by atoms with Crippen LogP contribution in [-0.4, -0.2) is 29.3 Å². The van der Waals surface area contributed by atoms with Crippen LogP contribution in [0.15, 0.2) is 48.5 Å². The maximum Gasteiger partial charge on any atom is 0.325 e. The molecule has 2 aromatic rings. The number of amides is 4. The molecule has 1 atom stereocenters. The van der Waals surface area contributed by atoms with Gasteiger partial charge in [-0.3, -0.25) is 14.5 Å². The van der Waals surface area contributed by atoms with E-state index in [0.717, 1.165) is 35.3 Å². The average Bonchev–Trinajstić information content (AvgIpc) is 2.81. The number of halogens is 1. The van der Waals surface area contributed by atoms with Crippen LogP contribution < -0.4 is 10.6 Å². The lowest BCUT2D eigenvalue weighted by Crippen LogP contribution is -2.44. The van der Waals surface area contributed by atoms with Gasteiger partial charge in [-0.1, -0.05) is 30.3 Å². The third-order valence-electron chi connectivity index (χ3n) is 5.31. The third kappa shape index (κ3) is 3.13. The first-order valence-electron chi connectivity index (χ1n) is 9.27. The summed E-state index contributed by atoms with van der Waals surface area (Å²) in [5.74, 6) is -1.46. The van der Waals surface area contributed by atoms with E-state index in [0.29, 0.717) is 6.42 Å². The van der Waals surface area contributed by atoms with E-state index in [2.05, 4.69) is 10.6 Å². The van der Waals surface area contributed by atoms with Crippen LogP contribution in [0.1, 0.15) is 30.4 Å². The van der Waals surface area contributed by atoms with Crippen LogP contribution in [0.2, 0.25) is 0 Å². The van der Waals surface area contributed by atoms with Crippen molar-refractivity contribution in [1.82, 2.24) is 10.2 Å². The molecular formula is C21H20FN3O3. The molecule has 1 aliphatic heterocycles. The minimum absolute atomic E-state index is 0.270. The van der Waals surface area contributed by atoms with Crippen molar-refractivity contribution in [3.05, 3.63) is 65.5 Å². The number of fused-ring (bicyclic) bond motifs is 2. The summed E-state index contributed by atoms with van der Waals surface area (Å²) in [6.45, 7) is -0.425. The average molecular weight is 381 g/mol. The number of benzene rings is 2. The van der Waals surface area contributed by atoms with E-state index in [1.165, 1.54) is 24.3 Å². The normalized spacial score (nSPS) is 21.2. The zero-order valence-corrected chi connectivity index (χ0v) is 15.2. The number of anilines is 1. The monoisotopic (exact) mass is 381 g/mol. The smallest absolute Gasteiger partial charge is 0.324 e. The lowest BCUT2D eigenvalue weighted by Gasteiger charge is -2.27. The number of carbonyl (C=O) groups excluding carboxylic acids is 3. The molecule has 2 aromatic carbocycles. The number of aryl methyl sites for hydroxylation is 1. The molecule has 28 heavy (non-hydrogen) atoms. The molecule has 144 valence electrons. The largest absolute Gasteiger partial charge is 0.325 e. The first-order valence-corrected chi connectivity index (χ1v) is 9.27. The highest BCUT2D eigenvalue weighted by atomic mass is 19.1. The Morgan fingerprint density at radius 3 is 2.79 bits per heavy atom. The van der Waals surface area contributed by atoms with E-state index in [4.69, 9.17) is 0 Å². The molecule has 7 heteroatoms. The van der Waals surface area contributed by atoms with Gasteiger partial charge in [-0.15, -0.1) is 0 Å². The van der Waals surface area contributed by atoms with Crippen molar-refractivity contribution >= 4 is 23.5 Å². The summed E-state index contributed by atoms with van der Waals surface area (Å²) in [6.07, 6.45) is 3.07. The molecule has 0 saturated carbocycles. The van der Waals surface area contributed by atoms with E-state index in [1.807, 2.05) is 24.3 Å². The van der Waals surface area contributed by atoms with Crippen LogP contribution in [0.5, 0.6) is 0 Å². The lowest BCUT2D eigenvalue weighted by molar-refractivity contribution is -0.134. The van der Waals surface area contributed by atoms with Crippen molar-refractivity contribution in [3.63, 3.8) is 0 Å². The Morgan fingerprint density at radius 2 is 1.96 bits per heavy atom. The van der Waals surface area contributed by atoms with Crippen molar-refractivity contribution in [2.24, 2.45) is 0 Å². The summed E-state index contributed by atoms with van der Waals surface area (Å²) in [6, 6.07) is 12.5. The quantitative estimate of drug-likeness (QED) is 0.803. The van der Waals surface area contributed by atoms with Gasteiger partial charge in [0.05, 0.1) is 0 Å². The molecule has 1 spiro atoms. The molecule has 1 aliphatic carbocycles. The van der Waals surface area contributed by atoms with Gasteiger partial charge in [-0.05, 0) is 55.0 Å². The zero-order valence-electron chi connectivity index (χ0n) is 15.2. The number of nitrogens with zero attached hydrogens (tertiary/aromatic N) is 1. The van der Waals surface area contributed by atoms with Crippen LogP contribution in [0, 0.1) is 5.82 Å². The van der Waals surface area contributed by atoms with Crippen LogP contribution >= 0.6 is 0 Å². The van der Waals surface area contributed by atoms with Crippen molar-refractivity contribution in [2.75, 3.05) is 11.9 Å². The molecule has 2 N–H and O–H groups in total. The number of hydrogen-bond donors (Lipinski definition) is 2. The fourth-order valence-electron chi connectivity index (χ4n) is 4.03. The fourth-order valence-corrected chi connectivity index (χ4v) is 4.03. The van der Waals surface area contributed by atoms with Gasteiger partial charge in [0.1, 0.15) is 17.9 Å². The Hall–Kier alpha value is -3.22. The first kappa shape index (κ1) is 18.2. The second-order valence-electron chi connectivity index (χ2n) is 7.15. The summed E-state index contributed by atoms with van der Waals surface area (Å²) in [5, 5.41) is 5.36. The Labute approximate surface area is 161 Å². The SMILES string of the molecule is O=C(CN1C(=O)NC2(CCCCc3ccccc32)C1=O)Nc1cccc(F)c1. The molecule has 0 bridgehead atoms. The molecule has 6 nitrogen and oxygen atoms in total. The molecule has 0 aromatic heterocycles. The second kappa shape index (κ2) is 7.07. The number of urea groups is 1. The standard InChI is InChI=1S/C21H20FN3O3/c22-15-8-5-9-16(12-15)23-18(26)13-25-19(27)21(24-20(25)28)11-4-3-7-14-6-1-2-10-17(14)21/h1-2,5-6,8-10,12H,3-4,7,11,13H2,(H,23,26)(H,24,28). The summed E-state index contributed by atoms with van der Waals surface area (Å²) < 4.78 is 13.3. The maximum absolute atomic E-state index is 13.3. The molecule has 1 heterocycles. The van der Waals surface area contributed by atoms with Gasteiger partial charge in [0.15, 0.2) is 0 Å². The highest BCUT2D eigenvalue weighted by Crippen LogP contribution is 2.38. The summed E-state index contributed by atoms with van der Waals surface area (Å²) in [5.41, 5.74) is 0.994.